The molecule has 0 N–H and O–H groups in total. The Morgan fingerprint density at radius 1 is 0.882 bits per heavy atom. The maximum Gasteiger partial charge on any atom is 0.269 e. The molecule has 168 valence electrons. The first-order chi connectivity index (χ1) is 16.6. The minimum absolute atomic E-state index is 0.0341. The normalized spacial score (nSPS) is 18.9. The summed E-state index contributed by atoms with van der Waals surface area (Å²) in [6.45, 7) is 4.25. The van der Waals surface area contributed by atoms with E-state index in [1.165, 1.54) is 11.8 Å². The molecule has 1 fully saturated rings. The first-order valence-electron chi connectivity index (χ1n) is 10.9. The van der Waals surface area contributed by atoms with Gasteiger partial charge in [-0.25, -0.2) is 4.99 Å². The Balaban J connectivity index is 1.40. The van der Waals surface area contributed by atoms with E-state index in [0.29, 0.717) is 16.6 Å². The van der Waals surface area contributed by atoms with Crippen molar-refractivity contribution in [1.29, 1.82) is 0 Å². The van der Waals surface area contributed by atoms with Gasteiger partial charge in [0.25, 0.3) is 5.91 Å². The summed E-state index contributed by atoms with van der Waals surface area (Å²) >= 11 is 3.05. The smallest absolute Gasteiger partial charge is 0.269 e. The van der Waals surface area contributed by atoms with Gasteiger partial charge in [0.05, 0.1) is 16.4 Å². The van der Waals surface area contributed by atoms with Gasteiger partial charge in [-0.05, 0) is 47.2 Å². The molecule has 1 amide bonds. The molecule has 2 aliphatic rings. The van der Waals surface area contributed by atoms with Crippen LogP contribution in [0.5, 0.6) is 0 Å². The highest BCUT2D eigenvalue weighted by molar-refractivity contribution is 8.19. The van der Waals surface area contributed by atoms with Crippen LogP contribution in [0.25, 0.3) is 12.2 Å². The lowest BCUT2D eigenvalue weighted by molar-refractivity contribution is -0.121. The van der Waals surface area contributed by atoms with Crippen LogP contribution in [-0.4, -0.2) is 29.6 Å². The van der Waals surface area contributed by atoms with Gasteiger partial charge in [0.2, 0.25) is 0 Å². The Bertz CT molecular complexity index is 1330. The van der Waals surface area contributed by atoms with Crippen LogP contribution in [-0.2, 0) is 4.79 Å². The number of hydrogen-bond acceptors (Lipinski definition) is 5. The summed E-state index contributed by atoms with van der Waals surface area (Å²) in [4.78, 5) is 23.8. The van der Waals surface area contributed by atoms with Crippen molar-refractivity contribution in [3.63, 3.8) is 0 Å². The Kier molecular flexibility index (Phi) is 6.43. The van der Waals surface area contributed by atoms with Crippen molar-refractivity contribution in [2.24, 2.45) is 4.99 Å². The maximum absolute atomic E-state index is 13.3. The van der Waals surface area contributed by atoms with Gasteiger partial charge in [0.15, 0.2) is 5.17 Å². The summed E-state index contributed by atoms with van der Waals surface area (Å²) in [5.41, 5.74) is 4.17. The fraction of sp³-hybridized carbons (Fsp3) is 0.0714. The summed E-state index contributed by atoms with van der Waals surface area (Å²) in [5.74, 6) is -0.0341. The molecule has 2 heterocycles. The van der Waals surface area contributed by atoms with Crippen LogP contribution in [0, 0.1) is 0 Å². The van der Waals surface area contributed by atoms with Crippen molar-refractivity contribution < 1.29 is 4.79 Å². The number of para-hydroxylation sites is 1. The third-order valence-electron chi connectivity index (χ3n) is 5.49. The monoisotopic (exact) mass is 481 g/mol. The minimum atomic E-state index is -0.0341. The SMILES string of the molecule is C=CCN1C(=O)/C(=C2\Sc3ccccc3N2C)SC1=Nc1ccc(/C=C\c2ccccc2)cc1. The highest BCUT2D eigenvalue weighted by Crippen LogP contribution is 2.49. The van der Waals surface area contributed by atoms with Crippen molar-refractivity contribution >= 4 is 58.1 Å². The van der Waals surface area contributed by atoms with Crippen molar-refractivity contribution in [3.8, 4) is 0 Å². The standard InChI is InChI=1S/C28H23N3OS2/c1-3-19-31-26(32)25(27-30(2)23-11-7-8-12-24(23)33-27)34-28(31)29-22-17-15-21(16-18-22)14-13-20-9-5-4-6-10-20/h3-18H,1,19H2,2H3/b14-13-,27-25+,29-28?. The molecule has 0 aliphatic carbocycles. The lowest BCUT2D eigenvalue weighted by Crippen LogP contribution is -2.29. The minimum Gasteiger partial charge on any atom is -0.337 e. The highest BCUT2D eigenvalue weighted by atomic mass is 32.2. The zero-order valence-corrected chi connectivity index (χ0v) is 20.4. The van der Waals surface area contributed by atoms with Gasteiger partial charge in [0, 0.05) is 18.5 Å². The Morgan fingerprint density at radius 3 is 2.26 bits per heavy atom. The number of aliphatic imine (C=N–C) groups is 1. The van der Waals surface area contributed by atoms with E-state index in [4.69, 9.17) is 4.99 Å². The average molecular weight is 482 g/mol. The number of benzene rings is 3. The second-order valence-electron chi connectivity index (χ2n) is 7.80. The van der Waals surface area contributed by atoms with Gasteiger partial charge in [-0.2, -0.15) is 0 Å². The first-order valence-corrected chi connectivity index (χ1v) is 12.5. The van der Waals surface area contributed by atoms with Gasteiger partial charge in [0.1, 0.15) is 4.91 Å². The van der Waals surface area contributed by atoms with Crippen LogP contribution >= 0.6 is 23.5 Å². The Hall–Kier alpha value is -3.48. The number of rotatable bonds is 5. The van der Waals surface area contributed by atoms with E-state index in [2.05, 4.69) is 47.9 Å². The first kappa shape index (κ1) is 22.3. The zero-order chi connectivity index (χ0) is 23.5. The van der Waals surface area contributed by atoms with Crippen molar-refractivity contribution in [2.75, 3.05) is 18.5 Å². The summed E-state index contributed by atoms with van der Waals surface area (Å²) in [6.07, 6.45) is 5.90. The number of hydrogen-bond donors (Lipinski definition) is 0. The zero-order valence-electron chi connectivity index (χ0n) is 18.7. The fourth-order valence-corrected chi connectivity index (χ4v) is 6.09. The Labute approximate surface area is 208 Å². The fourth-order valence-electron chi connectivity index (χ4n) is 3.74. The van der Waals surface area contributed by atoms with E-state index in [-0.39, 0.29) is 5.91 Å². The lowest BCUT2D eigenvalue weighted by Gasteiger charge is -2.15. The molecule has 1 saturated heterocycles. The molecule has 6 heteroatoms. The molecule has 0 radical (unpaired) electrons. The van der Waals surface area contributed by atoms with Gasteiger partial charge in [-0.1, -0.05) is 84.6 Å². The second-order valence-corrected chi connectivity index (χ2v) is 9.81. The summed E-state index contributed by atoms with van der Waals surface area (Å²) in [5, 5.41) is 1.61. The molecule has 0 atom stereocenters. The maximum atomic E-state index is 13.3. The molecule has 2 aliphatic heterocycles. The molecule has 0 spiro atoms. The molecule has 0 saturated carbocycles. The average Bonchev–Trinajstić information content (AvgIpc) is 3.36. The number of anilines is 1. The number of carbonyl (C=O) groups excluding carboxylic acids is 1. The Morgan fingerprint density at radius 2 is 1.56 bits per heavy atom. The highest BCUT2D eigenvalue weighted by Gasteiger charge is 2.38. The van der Waals surface area contributed by atoms with Crippen LogP contribution < -0.4 is 4.90 Å². The summed E-state index contributed by atoms with van der Waals surface area (Å²) in [7, 11) is 2.00. The number of carbonyl (C=O) groups is 1. The predicted molar refractivity (Wildman–Crippen MR) is 146 cm³/mol. The molecule has 0 unspecified atom stereocenters. The molecular weight excluding hydrogens is 458 g/mol. The number of thioether (sulfide) groups is 2. The van der Waals surface area contributed by atoms with Crippen LogP contribution in [0.4, 0.5) is 11.4 Å². The molecule has 4 nitrogen and oxygen atoms in total. The van der Waals surface area contributed by atoms with E-state index < -0.39 is 0 Å². The van der Waals surface area contributed by atoms with Crippen LogP contribution in [0.3, 0.4) is 0 Å². The molecule has 0 aromatic heterocycles. The van der Waals surface area contributed by atoms with E-state index in [1.54, 1.807) is 22.7 Å². The molecule has 5 rings (SSSR count). The number of amidine groups is 1. The number of amides is 1. The quantitative estimate of drug-likeness (QED) is 0.223. The van der Waals surface area contributed by atoms with Gasteiger partial charge >= 0.3 is 0 Å². The summed E-state index contributed by atoms with van der Waals surface area (Å²) in [6, 6.07) is 26.4. The van der Waals surface area contributed by atoms with E-state index in [0.717, 1.165) is 32.4 Å². The molecule has 0 bridgehead atoms. The van der Waals surface area contributed by atoms with E-state index in [1.807, 2.05) is 61.6 Å². The molecular formula is C28H23N3OS2. The number of fused-ring (bicyclic) bond motifs is 1. The van der Waals surface area contributed by atoms with Gasteiger partial charge in [-0.15, -0.1) is 6.58 Å². The molecule has 3 aromatic carbocycles. The number of nitrogens with zero attached hydrogens (tertiary/aromatic N) is 3. The van der Waals surface area contributed by atoms with Crippen LogP contribution in [0.15, 0.2) is 111 Å². The third kappa shape index (κ3) is 4.47. The van der Waals surface area contributed by atoms with Crippen molar-refractivity contribution in [2.45, 2.75) is 4.90 Å². The van der Waals surface area contributed by atoms with Crippen molar-refractivity contribution in [1.82, 2.24) is 4.90 Å². The molecule has 3 aromatic rings. The second kappa shape index (κ2) is 9.79. The largest absolute Gasteiger partial charge is 0.337 e. The lowest BCUT2D eigenvalue weighted by atomic mass is 10.1. The van der Waals surface area contributed by atoms with Crippen LogP contribution in [0.2, 0.25) is 0 Å². The van der Waals surface area contributed by atoms with E-state index >= 15 is 0 Å². The van der Waals surface area contributed by atoms with Crippen LogP contribution in [0.1, 0.15) is 11.1 Å². The van der Waals surface area contributed by atoms with Gasteiger partial charge < -0.3 is 4.90 Å². The molecule has 34 heavy (non-hydrogen) atoms. The summed E-state index contributed by atoms with van der Waals surface area (Å²) < 4.78 is 0. The van der Waals surface area contributed by atoms with E-state index in [9.17, 15) is 4.79 Å². The van der Waals surface area contributed by atoms with Gasteiger partial charge in [-0.3, -0.25) is 9.69 Å². The van der Waals surface area contributed by atoms with Crippen molar-refractivity contribution in [3.05, 3.63) is 113 Å². The third-order valence-corrected chi connectivity index (χ3v) is 7.93. The predicted octanol–water partition coefficient (Wildman–Crippen LogP) is 7.02. The topological polar surface area (TPSA) is 35.9 Å².